The highest BCUT2D eigenvalue weighted by atomic mass is 16.6. The number of aldehydes is 1. The van der Waals surface area contributed by atoms with E-state index in [1.54, 1.807) is 0 Å². The van der Waals surface area contributed by atoms with E-state index in [9.17, 15) is 25.1 Å². The summed E-state index contributed by atoms with van der Waals surface area (Å²) < 4.78 is 0. The number of hydrogen-bond donors (Lipinski definition) is 3. The van der Waals surface area contributed by atoms with Crippen LogP contribution in [0.2, 0.25) is 0 Å². The van der Waals surface area contributed by atoms with Gasteiger partial charge in [-0.3, -0.25) is 14.9 Å². The van der Waals surface area contributed by atoms with Gasteiger partial charge in [-0.05, 0) is 24.1 Å². The highest BCUT2D eigenvalue weighted by molar-refractivity contribution is 5.81. The van der Waals surface area contributed by atoms with Crippen LogP contribution in [0.25, 0.3) is 0 Å². The lowest BCUT2D eigenvalue weighted by atomic mass is 10.00. The SMILES string of the molecule is O=Cc1cc(C(O)C(O)CCO)ccc1[N+](=O)[O-]. The Labute approximate surface area is 102 Å². The molecule has 7 nitrogen and oxygen atoms in total. The van der Waals surface area contributed by atoms with Crippen molar-refractivity contribution in [3.8, 4) is 0 Å². The molecule has 1 rings (SSSR count). The second-order valence-corrected chi connectivity index (χ2v) is 3.72. The first-order chi connectivity index (χ1) is 8.51. The number of aliphatic hydroxyl groups excluding tert-OH is 3. The quantitative estimate of drug-likeness (QED) is 0.379. The molecule has 7 heteroatoms. The molecule has 0 spiro atoms. The Bertz CT molecular complexity index is 447. The maximum atomic E-state index is 10.7. The van der Waals surface area contributed by atoms with Gasteiger partial charge in [0.05, 0.1) is 16.6 Å². The largest absolute Gasteiger partial charge is 0.396 e. The number of carbonyl (C=O) groups is 1. The fraction of sp³-hybridized carbons (Fsp3) is 0.364. The molecule has 0 saturated heterocycles. The van der Waals surface area contributed by atoms with Crippen LogP contribution in [-0.4, -0.2) is 39.2 Å². The van der Waals surface area contributed by atoms with E-state index in [0.29, 0.717) is 6.29 Å². The number of nitro groups is 1. The van der Waals surface area contributed by atoms with Gasteiger partial charge in [0.15, 0.2) is 6.29 Å². The van der Waals surface area contributed by atoms with E-state index in [-0.39, 0.29) is 29.8 Å². The van der Waals surface area contributed by atoms with Gasteiger partial charge in [-0.1, -0.05) is 0 Å². The van der Waals surface area contributed by atoms with Crippen LogP contribution >= 0.6 is 0 Å². The van der Waals surface area contributed by atoms with Crippen molar-refractivity contribution in [1.82, 2.24) is 0 Å². The molecule has 0 aliphatic rings. The topological polar surface area (TPSA) is 121 Å². The number of aliphatic hydroxyl groups is 3. The number of nitrogens with zero attached hydrogens (tertiary/aromatic N) is 1. The van der Waals surface area contributed by atoms with Gasteiger partial charge in [0.25, 0.3) is 5.69 Å². The van der Waals surface area contributed by atoms with Crippen molar-refractivity contribution in [2.45, 2.75) is 18.6 Å². The average Bonchev–Trinajstić information content (AvgIpc) is 2.37. The van der Waals surface area contributed by atoms with Crippen LogP contribution in [0.5, 0.6) is 0 Å². The Morgan fingerprint density at radius 3 is 2.56 bits per heavy atom. The van der Waals surface area contributed by atoms with Gasteiger partial charge in [-0.25, -0.2) is 0 Å². The van der Waals surface area contributed by atoms with Gasteiger partial charge in [0.1, 0.15) is 6.10 Å². The van der Waals surface area contributed by atoms with Crippen LogP contribution in [0.15, 0.2) is 18.2 Å². The summed E-state index contributed by atoms with van der Waals surface area (Å²) in [6, 6.07) is 3.50. The molecule has 0 aliphatic carbocycles. The average molecular weight is 255 g/mol. The summed E-state index contributed by atoms with van der Waals surface area (Å²) in [6.07, 6.45) is -2.23. The van der Waals surface area contributed by atoms with Crippen molar-refractivity contribution in [3.63, 3.8) is 0 Å². The van der Waals surface area contributed by atoms with Crippen LogP contribution in [0.3, 0.4) is 0 Å². The smallest absolute Gasteiger partial charge is 0.279 e. The number of hydrogen-bond acceptors (Lipinski definition) is 6. The molecule has 0 aromatic heterocycles. The summed E-state index contributed by atoms with van der Waals surface area (Å²) >= 11 is 0. The highest BCUT2D eigenvalue weighted by Gasteiger charge is 2.21. The van der Waals surface area contributed by atoms with Crippen LogP contribution < -0.4 is 0 Å². The van der Waals surface area contributed by atoms with Crippen molar-refractivity contribution in [2.75, 3.05) is 6.61 Å². The minimum absolute atomic E-state index is 0.0332. The Balaban J connectivity index is 3.05. The molecule has 3 N–H and O–H groups in total. The predicted molar refractivity (Wildman–Crippen MR) is 61.2 cm³/mol. The van der Waals surface area contributed by atoms with E-state index in [4.69, 9.17) is 5.11 Å². The van der Waals surface area contributed by atoms with Crippen molar-refractivity contribution < 1.29 is 25.0 Å². The Kier molecular flexibility index (Phi) is 4.90. The Morgan fingerprint density at radius 1 is 1.39 bits per heavy atom. The van der Waals surface area contributed by atoms with Crippen molar-refractivity contribution in [3.05, 3.63) is 39.4 Å². The fourth-order valence-corrected chi connectivity index (χ4v) is 1.53. The number of nitro benzene ring substituents is 1. The van der Waals surface area contributed by atoms with Gasteiger partial charge < -0.3 is 15.3 Å². The highest BCUT2D eigenvalue weighted by Crippen LogP contribution is 2.24. The lowest BCUT2D eigenvalue weighted by molar-refractivity contribution is -0.385. The number of carbonyl (C=O) groups excluding carboxylic acids is 1. The summed E-state index contributed by atoms with van der Waals surface area (Å²) in [5.74, 6) is 0. The predicted octanol–water partition coefficient (Wildman–Crippen LogP) is 0.184. The fourth-order valence-electron chi connectivity index (χ4n) is 1.53. The molecule has 1 aromatic carbocycles. The standard InChI is InChI=1S/C11H13NO6/c13-4-3-10(15)11(16)7-1-2-9(12(17)18)8(5-7)6-14/h1-2,5-6,10-11,13,15-16H,3-4H2. The molecule has 2 atom stereocenters. The number of rotatable bonds is 6. The summed E-state index contributed by atoms with van der Waals surface area (Å²) in [5, 5.41) is 38.4. The molecule has 0 heterocycles. The lowest BCUT2D eigenvalue weighted by Gasteiger charge is -2.17. The van der Waals surface area contributed by atoms with Gasteiger partial charge in [0, 0.05) is 12.7 Å². The zero-order valence-electron chi connectivity index (χ0n) is 9.39. The molecule has 0 bridgehead atoms. The van der Waals surface area contributed by atoms with Crippen molar-refractivity contribution in [1.29, 1.82) is 0 Å². The van der Waals surface area contributed by atoms with E-state index in [0.717, 1.165) is 12.1 Å². The minimum atomic E-state index is -1.31. The van der Waals surface area contributed by atoms with Crippen LogP contribution in [0.4, 0.5) is 5.69 Å². The maximum absolute atomic E-state index is 10.7. The molecular weight excluding hydrogens is 242 g/mol. The van der Waals surface area contributed by atoms with Gasteiger partial charge >= 0.3 is 0 Å². The summed E-state index contributed by atoms with van der Waals surface area (Å²) in [6.45, 7) is -0.300. The first-order valence-electron chi connectivity index (χ1n) is 5.21. The third-order valence-corrected chi connectivity index (χ3v) is 2.51. The molecule has 0 fully saturated rings. The normalized spacial score (nSPS) is 13.9. The molecule has 0 radical (unpaired) electrons. The van der Waals surface area contributed by atoms with Crippen molar-refractivity contribution >= 4 is 12.0 Å². The van der Waals surface area contributed by atoms with E-state index in [1.165, 1.54) is 6.07 Å². The molecule has 0 saturated carbocycles. The van der Waals surface area contributed by atoms with Crippen LogP contribution in [-0.2, 0) is 0 Å². The third-order valence-electron chi connectivity index (χ3n) is 2.51. The van der Waals surface area contributed by atoms with Gasteiger partial charge in [-0.15, -0.1) is 0 Å². The zero-order valence-corrected chi connectivity index (χ0v) is 9.39. The van der Waals surface area contributed by atoms with Crippen LogP contribution in [0.1, 0.15) is 28.4 Å². The second-order valence-electron chi connectivity index (χ2n) is 3.72. The first kappa shape index (κ1) is 14.2. The number of benzene rings is 1. The Hall–Kier alpha value is -1.83. The third kappa shape index (κ3) is 3.10. The molecule has 0 aliphatic heterocycles. The molecule has 1 aromatic rings. The summed E-state index contributed by atoms with van der Waals surface area (Å²) in [5.41, 5.74) is -0.353. The van der Waals surface area contributed by atoms with E-state index < -0.39 is 17.1 Å². The van der Waals surface area contributed by atoms with E-state index in [1.807, 2.05) is 0 Å². The molecular formula is C11H13NO6. The minimum Gasteiger partial charge on any atom is -0.396 e. The van der Waals surface area contributed by atoms with Gasteiger partial charge in [0.2, 0.25) is 0 Å². The Morgan fingerprint density at radius 2 is 2.06 bits per heavy atom. The zero-order chi connectivity index (χ0) is 13.7. The summed E-state index contributed by atoms with van der Waals surface area (Å²) in [7, 11) is 0. The monoisotopic (exact) mass is 255 g/mol. The molecule has 98 valence electrons. The molecule has 2 unspecified atom stereocenters. The molecule has 18 heavy (non-hydrogen) atoms. The van der Waals surface area contributed by atoms with E-state index in [2.05, 4.69) is 0 Å². The first-order valence-corrected chi connectivity index (χ1v) is 5.21. The maximum Gasteiger partial charge on any atom is 0.279 e. The van der Waals surface area contributed by atoms with E-state index >= 15 is 0 Å². The van der Waals surface area contributed by atoms with Gasteiger partial charge in [-0.2, -0.15) is 0 Å². The van der Waals surface area contributed by atoms with Crippen LogP contribution in [0, 0.1) is 10.1 Å². The lowest BCUT2D eigenvalue weighted by Crippen LogP contribution is -2.19. The molecule has 0 amide bonds. The second kappa shape index (κ2) is 6.20. The summed E-state index contributed by atoms with van der Waals surface area (Å²) in [4.78, 5) is 20.6. The van der Waals surface area contributed by atoms with Crippen molar-refractivity contribution in [2.24, 2.45) is 0 Å².